The summed E-state index contributed by atoms with van der Waals surface area (Å²) in [6.45, 7) is 0. The summed E-state index contributed by atoms with van der Waals surface area (Å²) in [5.74, 6) is -0.791. The van der Waals surface area contributed by atoms with E-state index in [1.54, 1.807) is 6.07 Å². The van der Waals surface area contributed by atoms with Crippen LogP contribution in [0.25, 0.3) is 0 Å². The molecule has 0 aliphatic carbocycles. The summed E-state index contributed by atoms with van der Waals surface area (Å²) in [5, 5.41) is 0. The summed E-state index contributed by atoms with van der Waals surface area (Å²) in [4.78, 5) is 0. The monoisotopic (exact) mass is 363 g/mol. The lowest BCUT2D eigenvalue weighted by atomic mass is 9.99. The molecule has 112 valence electrons. The third-order valence-electron chi connectivity index (χ3n) is 2.75. The van der Waals surface area contributed by atoms with Gasteiger partial charge in [-0.3, -0.25) is 0 Å². The van der Waals surface area contributed by atoms with Gasteiger partial charge in [0.05, 0.1) is 6.04 Å². The average Bonchev–Trinajstić information content (AvgIpc) is 2.36. The van der Waals surface area contributed by atoms with E-state index in [2.05, 4.69) is 20.7 Å². The summed E-state index contributed by atoms with van der Waals surface area (Å²) >= 11 is 3.18. The van der Waals surface area contributed by atoms with E-state index in [9.17, 15) is 17.6 Å². The van der Waals surface area contributed by atoms with Crippen LogP contribution in [-0.2, 0) is 0 Å². The zero-order valence-corrected chi connectivity index (χ0v) is 12.1. The van der Waals surface area contributed by atoms with E-state index in [-0.39, 0.29) is 5.75 Å². The molecule has 1 atom stereocenters. The van der Waals surface area contributed by atoms with Crippen LogP contribution in [0.2, 0.25) is 0 Å². The maximum absolute atomic E-state index is 13.0. The highest BCUT2D eigenvalue weighted by molar-refractivity contribution is 9.10. The average molecular weight is 364 g/mol. The number of hydrogen-bond donors (Lipinski definition) is 1. The first kappa shape index (κ1) is 15.8. The van der Waals surface area contributed by atoms with Gasteiger partial charge in [0.15, 0.2) is 0 Å². The highest BCUT2D eigenvalue weighted by atomic mass is 79.9. The van der Waals surface area contributed by atoms with E-state index in [1.165, 1.54) is 36.4 Å². The molecule has 2 aromatic carbocycles. The van der Waals surface area contributed by atoms with Gasteiger partial charge in [0.25, 0.3) is 0 Å². The van der Waals surface area contributed by atoms with Crippen molar-refractivity contribution in [1.82, 2.24) is 0 Å². The lowest BCUT2D eigenvalue weighted by Crippen LogP contribution is -2.18. The SMILES string of the molecule is NC(c1cccc(OC(F)(F)F)c1)c1ccc(F)cc1Br. The van der Waals surface area contributed by atoms with Crippen molar-refractivity contribution in [3.8, 4) is 5.75 Å². The molecular weight excluding hydrogens is 354 g/mol. The van der Waals surface area contributed by atoms with Crippen LogP contribution in [0.15, 0.2) is 46.9 Å². The number of nitrogens with two attached hydrogens (primary N) is 1. The highest BCUT2D eigenvalue weighted by Crippen LogP contribution is 2.30. The minimum Gasteiger partial charge on any atom is -0.406 e. The quantitative estimate of drug-likeness (QED) is 0.812. The molecule has 0 aliphatic heterocycles. The predicted octanol–water partition coefficient (Wildman–Crippen LogP) is 4.53. The number of ether oxygens (including phenoxy) is 1. The Hall–Kier alpha value is -1.60. The van der Waals surface area contributed by atoms with Crippen molar-refractivity contribution in [1.29, 1.82) is 0 Å². The molecule has 0 bridgehead atoms. The van der Waals surface area contributed by atoms with Crippen LogP contribution in [0.1, 0.15) is 17.2 Å². The Morgan fingerprint density at radius 2 is 1.81 bits per heavy atom. The van der Waals surface area contributed by atoms with Gasteiger partial charge in [0.1, 0.15) is 11.6 Å². The van der Waals surface area contributed by atoms with Gasteiger partial charge in [-0.25, -0.2) is 4.39 Å². The van der Waals surface area contributed by atoms with Crippen LogP contribution in [0.4, 0.5) is 17.6 Å². The number of hydrogen-bond acceptors (Lipinski definition) is 2. The van der Waals surface area contributed by atoms with E-state index in [0.29, 0.717) is 15.6 Å². The van der Waals surface area contributed by atoms with E-state index >= 15 is 0 Å². The van der Waals surface area contributed by atoms with Crippen molar-refractivity contribution >= 4 is 15.9 Å². The molecule has 0 radical (unpaired) electrons. The molecule has 2 nitrogen and oxygen atoms in total. The van der Waals surface area contributed by atoms with Crippen LogP contribution in [-0.4, -0.2) is 6.36 Å². The molecule has 2 rings (SSSR count). The molecule has 0 aromatic heterocycles. The summed E-state index contributed by atoms with van der Waals surface area (Å²) < 4.78 is 53.9. The lowest BCUT2D eigenvalue weighted by molar-refractivity contribution is -0.274. The van der Waals surface area contributed by atoms with Gasteiger partial charge in [0.2, 0.25) is 0 Å². The molecule has 0 saturated heterocycles. The molecule has 2 N–H and O–H groups in total. The fourth-order valence-electron chi connectivity index (χ4n) is 1.84. The highest BCUT2D eigenvalue weighted by Gasteiger charge is 2.31. The van der Waals surface area contributed by atoms with Gasteiger partial charge in [-0.15, -0.1) is 13.2 Å². The molecule has 7 heteroatoms. The first-order chi connectivity index (χ1) is 9.76. The van der Waals surface area contributed by atoms with Crippen LogP contribution in [0.3, 0.4) is 0 Å². The Morgan fingerprint density at radius 1 is 1.10 bits per heavy atom. The van der Waals surface area contributed by atoms with Gasteiger partial charge in [0, 0.05) is 4.47 Å². The zero-order chi connectivity index (χ0) is 15.6. The number of benzene rings is 2. The number of halogens is 5. The summed E-state index contributed by atoms with van der Waals surface area (Å²) in [5.41, 5.74) is 6.99. The Labute approximate surface area is 126 Å². The second kappa shape index (κ2) is 6.03. The maximum Gasteiger partial charge on any atom is 0.573 e. The minimum atomic E-state index is -4.76. The number of rotatable bonds is 3. The summed E-state index contributed by atoms with van der Waals surface area (Å²) in [6.07, 6.45) is -4.76. The summed E-state index contributed by atoms with van der Waals surface area (Å²) in [7, 11) is 0. The van der Waals surface area contributed by atoms with E-state index in [1.807, 2.05) is 0 Å². The van der Waals surface area contributed by atoms with Crippen LogP contribution in [0, 0.1) is 5.82 Å². The van der Waals surface area contributed by atoms with Crippen molar-refractivity contribution in [2.75, 3.05) is 0 Å². The smallest absolute Gasteiger partial charge is 0.406 e. The molecule has 0 fully saturated rings. The first-order valence-corrected chi connectivity index (χ1v) is 6.62. The van der Waals surface area contributed by atoms with Crippen molar-refractivity contribution < 1.29 is 22.3 Å². The normalized spacial score (nSPS) is 13.0. The van der Waals surface area contributed by atoms with E-state index in [0.717, 1.165) is 0 Å². The maximum atomic E-state index is 13.0. The molecule has 2 aromatic rings. The molecule has 0 amide bonds. The molecule has 21 heavy (non-hydrogen) atoms. The van der Waals surface area contributed by atoms with Gasteiger partial charge < -0.3 is 10.5 Å². The van der Waals surface area contributed by atoms with Crippen LogP contribution >= 0.6 is 15.9 Å². The second-order valence-corrected chi connectivity index (χ2v) is 5.12. The van der Waals surface area contributed by atoms with Gasteiger partial charge in [-0.1, -0.05) is 34.1 Å². The summed E-state index contributed by atoms with van der Waals surface area (Å²) in [6, 6.07) is 8.61. The van der Waals surface area contributed by atoms with Crippen molar-refractivity contribution in [3.05, 3.63) is 63.9 Å². The van der Waals surface area contributed by atoms with Crippen molar-refractivity contribution in [2.24, 2.45) is 5.73 Å². The molecule has 0 heterocycles. The molecule has 1 unspecified atom stereocenters. The Bertz CT molecular complexity index is 645. The molecule has 0 spiro atoms. The van der Waals surface area contributed by atoms with Crippen LogP contribution in [0.5, 0.6) is 5.75 Å². The third kappa shape index (κ3) is 4.18. The zero-order valence-electron chi connectivity index (χ0n) is 10.5. The standard InChI is InChI=1S/C14H10BrF4NO/c15-12-7-9(16)4-5-11(12)13(20)8-2-1-3-10(6-8)21-14(17,18)19/h1-7,13H,20H2. The topological polar surface area (TPSA) is 35.2 Å². The Balaban J connectivity index is 2.31. The predicted molar refractivity (Wildman–Crippen MR) is 73.3 cm³/mol. The second-order valence-electron chi connectivity index (χ2n) is 4.26. The third-order valence-corrected chi connectivity index (χ3v) is 3.44. The fourth-order valence-corrected chi connectivity index (χ4v) is 2.44. The lowest BCUT2D eigenvalue weighted by Gasteiger charge is -2.16. The van der Waals surface area contributed by atoms with E-state index in [4.69, 9.17) is 5.73 Å². The van der Waals surface area contributed by atoms with Crippen molar-refractivity contribution in [3.63, 3.8) is 0 Å². The Kier molecular flexibility index (Phi) is 4.53. The fraction of sp³-hybridized carbons (Fsp3) is 0.143. The number of alkyl halides is 3. The van der Waals surface area contributed by atoms with E-state index < -0.39 is 18.2 Å². The minimum absolute atomic E-state index is 0.353. The van der Waals surface area contributed by atoms with Crippen LogP contribution < -0.4 is 10.5 Å². The Morgan fingerprint density at radius 3 is 2.43 bits per heavy atom. The van der Waals surface area contributed by atoms with Crippen molar-refractivity contribution in [2.45, 2.75) is 12.4 Å². The van der Waals surface area contributed by atoms with Gasteiger partial charge in [-0.05, 0) is 35.4 Å². The molecule has 0 saturated carbocycles. The van der Waals surface area contributed by atoms with Gasteiger partial charge in [-0.2, -0.15) is 0 Å². The largest absolute Gasteiger partial charge is 0.573 e. The molecular formula is C14H10BrF4NO. The molecule has 0 aliphatic rings. The van der Waals surface area contributed by atoms with Gasteiger partial charge >= 0.3 is 6.36 Å². The first-order valence-electron chi connectivity index (χ1n) is 5.82.